The first kappa shape index (κ1) is 17.2. The van der Waals surface area contributed by atoms with E-state index in [9.17, 15) is 4.79 Å². The first-order valence-corrected chi connectivity index (χ1v) is 8.52. The first-order valence-electron chi connectivity index (χ1n) is 8.14. The number of aromatic nitrogens is 1. The molecule has 3 rings (SSSR count). The van der Waals surface area contributed by atoms with Gasteiger partial charge in [-0.1, -0.05) is 37.6 Å². The minimum Gasteiger partial charge on any atom is -0.436 e. The molecule has 1 amide bonds. The van der Waals surface area contributed by atoms with E-state index in [0.717, 1.165) is 5.56 Å². The number of carbonyl (C=O) groups is 1. The van der Waals surface area contributed by atoms with Crippen LogP contribution in [0.5, 0.6) is 0 Å². The van der Waals surface area contributed by atoms with E-state index in [1.165, 1.54) is 0 Å². The SMILES string of the molecule is CC(C)CNC(=O)c1ccccc1-c1ncc(-c2ccc(Cl)cc2)o1. The number of hydrogen-bond donors (Lipinski definition) is 1. The van der Waals surface area contributed by atoms with Crippen molar-refractivity contribution in [3.63, 3.8) is 0 Å². The van der Waals surface area contributed by atoms with Crippen molar-refractivity contribution in [3.05, 3.63) is 65.3 Å². The van der Waals surface area contributed by atoms with E-state index >= 15 is 0 Å². The van der Waals surface area contributed by atoms with Gasteiger partial charge in [0.05, 0.1) is 11.8 Å². The van der Waals surface area contributed by atoms with Crippen molar-refractivity contribution < 1.29 is 9.21 Å². The van der Waals surface area contributed by atoms with E-state index in [1.54, 1.807) is 24.4 Å². The highest BCUT2D eigenvalue weighted by Gasteiger charge is 2.17. The molecule has 3 aromatic rings. The lowest BCUT2D eigenvalue weighted by Crippen LogP contribution is -2.27. The molecule has 1 aromatic heterocycles. The van der Waals surface area contributed by atoms with Gasteiger partial charge < -0.3 is 9.73 Å². The predicted molar refractivity (Wildman–Crippen MR) is 99.6 cm³/mol. The first-order chi connectivity index (χ1) is 12.0. The fourth-order valence-electron chi connectivity index (χ4n) is 2.41. The molecule has 1 heterocycles. The Morgan fingerprint density at radius 1 is 1.16 bits per heavy atom. The molecule has 4 nitrogen and oxygen atoms in total. The van der Waals surface area contributed by atoms with E-state index in [4.69, 9.17) is 16.0 Å². The Kier molecular flexibility index (Phi) is 5.19. The number of rotatable bonds is 5. The van der Waals surface area contributed by atoms with Crippen LogP contribution in [-0.4, -0.2) is 17.4 Å². The summed E-state index contributed by atoms with van der Waals surface area (Å²) in [5.41, 5.74) is 2.10. The summed E-state index contributed by atoms with van der Waals surface area (Å²) >= 11 is 5.92. The Balaban J connectivity index is 1.90. The molecule has 0 saturated heterocycles. The van der Waals surface area contributed by atoms with Crippen LogP contribution in [0.4, 0.5) is 0 Å². The Morgan fingerprint density at radius 3 is 2.60 bits per heavy atom. The number of amides is 1. The summed E-state index contributed by atoms with van der Waals surface area (Å²) in [5, 5.41) is 3.59. The lowest BCUT2D eigenvalue weighted by atomic mass is 10.1. The molecule has 0 radical (unpaired) electrons. The molecule has 2 aromatic carbocycles. The molecule has 0 bridgehead atoms. The number of halogens is 1. The molecule has 0 saturated carbocycles. The van der Waals surface area contributed by atoms with Gasteiger partial charge in [-0.2, -0.15) is 0 Å². The van der Waals surface area contributed by atoms with Gasteiger partial charge >= 0.3 is 0 Å². The van der Waals surface area contributed by atoms with E-state index in [-0.39, 0.29) is 5.91 Å². The summed E-state index contributed by atoms with van der Waals surface area (Å²) in [6, 6.07) is 14.6. The zero-order chi connectivity index (χ0) is 17.8. The van der Waals surface area contributed by atoms with Crippen LogP contribution in [0.1, 0.15) is 24.2 Å². The Hall–Kier alpha value is -2.59. The lowest BCUT2D eigenvalue weighted by molar-refractivity contribution is 0.0949. The van der Waals surface area contributed by atoms with Gasteiger partial charge in [-0.3, -0.25) is 4.79 Å². The minimum atomic E-state index is -0.129. The van der Waals surface area contributed by atoms with Gasteiger partial charge in [0, 0.05) is 22.7 Å². The molecule has 0 fully saturated rings. The van der Waals surface area contributed by atoms with Gasteiger partial charge in [-0.05, 0) is 42.3 Å². The molecule has 0 aliphatic carbocycles. The molecular weight excluding hydrogens is 336 g/mol. The van der Waals surface area contributed by atoms with Gasteiger partial charge in [-0.25, -0.2) is 4.98 Å². The Bertz CT molecular complexity index is 869. The third-order valence-electron chi connectivity index (χ3n) is 3.71. The minimum absolute atomic E-state index is 0.129. The maximum Gasteiger partial charge on any atom is 0.252 e. The molecule has 0 spiro atoms. The number of nitrogens with zero attached hydrogens (tertiary/aromatic N) is 1. The van der Waals surface area contributed by atoms with Gasteiger partial charge in [0.1, 0.15) is 0 Å². The maximum atomic E-state index is 12.5. The monoisotopic (exact) mass is 354 g/mol. The van der Waals surface area contributed by atoms with Gasteiger partial charge in [0.2, 0.25) is 5.89 Å². The van der Waals surface area contributed by atoms with E-state index in [0.29, 0.717) is 40.3 Å². The summed E-state index contributed by atoms with van der Waals surface area (Å²) in [6.07, 6.45) is 1.65. The van der Waals surface area contributed by atoms with Crippen molar-refractivity contribution in [2.45, 2.75) is 13.8 Å². The second kappa shape index (κ2) is 7.53. The van der Waals surface area contributed by atoms with Crippen molar-refractivity contribution >= 4 is 17.5 Å². The van der Waals surface area contributed by atoms with Crippen molar-refractivity contribution in [2.24, 2.45) is 5.92 Å². The number of oxazole rings is 1. The van der Waals surface area contributed by atoms with Crippen LogP contribution >= 0.6 is 11.6 Å². The largest absolute Gasteiger partial charge is 0.436 e. The molecule has 0 aliphatic heterocycles. The van der Waals surface area contributed by atoms with E-state index in [2.05, 4.69) is 24.1 Å². The summed E-state index contributed by atoms with van der Waals surface area (Å²) in [6.45, 7) is 4.73. The van der Waals surface area contributed by atoms with Crippen LogP contribution in [0.3, 0.4) is 0 Å². The van der Waals surface area contributed by atoms with Crippen LogP contribution in [0.25, 0.3) is 22.8 Å². The predicted octanol–water partition coefficient (Wildman–Crippen LogP) is 5.05. The second-order valence-corrected chi connectivity index (χ2v) is 6.62. The smallest absolute Gasteiger partial charge is 0.252 e. The number of carbonyl (C=O) groups excluding carboxylic acids is 1. The molecule has 1 N–H and O–H groups in total. The van der Waals surface area contributed by atoms with Crippen LogP contribution in [0.2, 0.25) is 5.02 Å². The quantitative estimate of drug-likeness (QED) is 0.697. The fraction of sp³-hybridized carbons (Fsp3) is 0.200. The average molecular weight is 355 g/mol. The average Bonchev–Trinajstić information content (AvgIpc) is 3.10. The highest BCUT2D eigenvalue weighted by atomic mass is 35.5. The Morgan fingerprint density at radius 2 is 1.88 bits per heavy atom. The zero-order valence-corrected chi connectivity index (χ0v) is 14.9. The molecule has 0 atom stereocenters. The highest BCUT2D eigenvalue weighted by molar-refractivity contribution is 6.30. The molecule has 0 aliphatic rings. The van der Waals surface area contributed by atoms with Crippen molar-refractivity contribution in [1.29, 1.82) is 0 Å². The normalized spacial score (nSPS) is 10.9. The van der Waals surface area contributed by atoms with Gasteiger partial charge in [0.15, 0.2) is 5.76 Å². The summed E-state index contributed by atoms with van der Waals surface area (Å²) < 4.78 is 5.88. The van der Waals surface area contributed by atoms with Gasteiger partial charge in [-0.15, -0.1) is 0 Å². The summed E-state index contributed by atoms with van der Waals surface area (Å²) in [4.78, 5) is 16.8. The Labute approximate surface area is 151 Å². The van der Waals surface area contributed by atoms with E-state index in [1.807, 2.05) is 30.3 Å². The molecule has 0 unspecified atom stereocenters. The van der Waals surface area contributed by atoms with Crippen molar-refractivity contribution in [1.82, 2.24) is 10.3 Å². The second-order valence-electron chi connectivity index (χ2n) is 6.19. The topological polar surface area (TPSA) is 55.1 Å². The van der Waals surface area contributed by atoms with Crippen LogP contribution in [-0.2, 0) is 0 Å². The molecular formula is C20H19ClN2O2. The number of hydrogen-bond acceptors (Lipinski definition) is 3. The third kappa shape index (κ3) is 4.09. The molecule has 5 heteroatoms. The van der Waals surface area contributed by atoms with E-state index < -0.39 is 0 Å². The maximum absolute atomic E-state index is 12.5. The van der Waals surface area contributed by atoms with Crippen molar-refractivity contribution in [2.75, 3.05) is 6.54 Å². The van der Waals surface area contributed by atoms with Crippen LogP contribution in [0, 0.1) is 5.92 Å². The summed E-state index contributed by atoms with van der Waals surface area (Å²) in [7, 11) is 0. The number of benzene rings is 2. The standard InChI is InChI=1S/C20H19ClN2O2/c1-13(2)11-22-19(24)16-5-3-4-6-17(16)20-23-12-18(25-20)14-7-9-15(21)10-8-14/h3-10,12-13H,11H2,1-2H3,(H,22,24). The molecule has 128 valence electrons. The van der Waals surface area contributed by atoms with Gasteiger partial charge in [0.25, 0.3) is 5.91 Å². The number of nitrogens with one attached hydrogen (secondary N) is 1. The van der Waals surface area contributed by atoms with Crippen LogP contribution in [0.15, 0.2) is 59.1 Å². The lowest BCUT2D eigenvalue weighted by Gasteiger charge is -2.09. The third-order valence-corrected chi connectivity index (χ3v) is 3.96. The van der Waals surface area contributed by atoms with Crippen LogP contribution < -0.4 is 5.32 Å². The fourth-order valence-corrected chi connectivity index (χ4v) is 2.53. The highest BCUT2D eigenvalue weighted by Crippen LogP contribution is 2.28. The molecule has 25 heavy (non-hydrogen) atoms. The zero-order valence-electron chi connectivity index (χ0n) is 14.1. The van der Waals surface area contributed by atoms with Crippen molar-refractivity contribution in [3.8, 4) is 22.8 Å². The summed E-state index contributed by atoms with van der Waals surface area (Å²) in [5.74, 6) is 1.30.